The molecular formula is C21H21FN2O2S2. The molecule has 0 aliphatic heterocycles. The van der Waals surface area contributed by atoms with Crippen LogP contribution in [0.3, 0.4) is 0 Å². The van der Waals surface area contributed by atoms with Gasteiger partial charge < -0.3 is 0 Å². The van der Waals surface area contributed by atoms with Crippen LogP contribution >= 0.6 is 11.3 Å². The molecule has 1 aliphatic rings. The maximum absolute atomic E-state index is 13.1. The second-order valence-corrected chi connectivity index (χ2v) is 9.69. The Hall–Kier alpha value is -2.09. The third-order valence-corrected chi connectivity index (χ3v) is 7.49. The topological polar surface area (TPSA) is 59.1 Å². The van der Waals surface area contributed by atoms with Crippen molar-refractivity contribution < 1.29 is 12.8 Å². The Morgan fingerprint density at radius 2 is 1.96 bits per heavy atom. The van der Waals surface area contributed by atoms with Gasteiger partial charge in [-0.15, -0.1) is 11.3 Å². The minimum atomic E-state index is -3.65. The number of sulfonamides is 1. The van der Waals surface area contributed by atoms with Crippen molar-refractivity contribution in [3.63, 3.8) is 0 Å². The Bertz CT molecular complexity index is 1050. The van der Waals surface area contributed by atoms with Crippen molar-refractivity contribution >= 4 is 21.4 Å². The van der Waals surface area contributed by atoms with Gasteiger partial charge in [-0.25, -0.2) is 22.5 Å². The molecule has 1 aliphatic carbocycles. The van der Waals surface area contributed by atoms with E-state index in [0.717, 1.165) is 30.7 Å². The van der Waals surface area contributed by atoms with Gasteiger partial charge in [0, 0.05) is 24.0 Å². The molecule has 28 heavy (non-hydrogen) atoms. The van der Waals surface area contributed by atoms with Crippen LogP contribution in [0, 0.1) is 5.82 Å². The van der Waals surface area contributed by atoms with Gasteiger partial charge in [-0.05, 0) is 66.6 Å². The molecule has 4 rings (SSSR count). The highest BCUT2D eigenvalue weighted by Crippen LogP contribution is 2.27. The number of nitrogens with one attached hydrogen (secondary N) is 1. The van der Waals surface area contributed by atoms with E-state index >= 15 is 0 Å². The molecule has 7 heteroatoms. The van der Waals surface area contributed by atoms with Gasteiger partial charge in [0.1, 0.15) is 5.82 Å². The largest absolute Gasteiger partial charge is 0.250 e. The van der Waals surface area contributed by atoms with Crippen molar-refractivity contribution in [2.75, 3.05) is 0 Å². The molecule has 3 aromatic rings. The Morgan fingerprint density at radius 1 is 1.14 bits per heavy atom. The molecule has 0 spiro atoms. The Kier molecular flexibility index (Phi) is 5.57. The van der Waals surface area contributed by atoms with Gasteiger partial charge in [-0.1, -0.05) is 18.2 Å². The summed E-state index contributed by atoms with van der Waals surface area (Å²) in [5, 5.41) is 3.13. The van der Waals surface area contributed by atoms with E-state index in [1.165, 1.54) is 41.0 Å². The molecule has 0 bridgehead atoms. The number of halogens is 1. The summed E-state index contributed by atoms with van der Waals surface area (Å²) in [4.78, 5) is 4.44. The van der Waals surface area contributed by atoms with Crippen LogP contribution in [0.5, 0.6) is 0 Å². The summed E-state index contributed by atoms with van der Waals surface area (Å²) in [6, 6.07) is 11.1. The molecule has 1 N–H and O–H groups in total. The highest BCUT2D eigenvalue weighted by atomic mass is 32.2. The third kappa shape index (κ3) is 4.32. The monoisotopic (exact) mass is 416 g/mol. The first-order valence-electron chi connectivity index (χ1n) is 9.27. The van der Waals surface area contributed by atoms with E-state index in [9.17, 15) is 12.8 Å². The van der Waals surface area contributed by atoms with Crippen molar-refractivity contribution in [1.29, 1.82) is 0 Å². The van der Waals surface area contributed by atoms with Crippen LogP contribution in [0.2, 0.25) is 0 Å². The highest BCUT2D eigenvalue weighted by Gasteiger charge is 2.25. The molecular weight excluding hydrogens is 395 g/mol. The number of aromatic nitrogens is 1. The molecule has 2 aromatic carbocycles. The van der Waals surface area contributed by atoms with E-state index in [-0.39, 0.29) is 10.9 Å². The van der Waals surface area contributed by atoms with Gasteiger partial charge in [0.25, 0.3) is 0 Å². The van der Waals surface area contributed by atoms with Crippen LogP contribution in [0.4, 0.5) is 4.39 Å². The predicted octanol–water partition coefficient (Wildman–Crippen LogP) is 3.90. The first kappa shape index (κ1) is 19.2. The zero-order valence-electron chi connectivity index (χ0n) is 15.3. The summed E-state index contributed by atoms with van der Waals surface area (Å²) < 4.78 is 41.0. The molecule has 1 aromatic heterocycles. The van der Waals surface area contributed by atoms with Gasteiger partial charge >= 0.3 is 0 Å². The average molecular weight is 417 g/mol. The zero-order valence-corrected chi connectivity index (χ0v) is 16.9. The van der Waals surface area contributed by atoms with E-state index in [2.05, 4.69) is 21.8 Å². The zero-order chi connectivity index (χ0) is 19.6. The van der Waals surface area contributed by atoms with Crippen LogP contribution in [0.25, 0.3) is 0 Å². The lowest BCUT2D eigenvalue weighted by Gasteiger charge is -2.27. The first-order valence-corrected chi connectivity index (χ1v) is 11.6. The normalized spacial score (nSPS) is 16.7. The maximum atomic E-state index is 13.1. The molecule has 0 saturated carbocycles. The van der Waals surface area contributed by atoms with Gasteiger partial charge in [0.05, 0.1) is 9.90 Å². The van der Waals surface area contributed by atoms with Crippen molar-refractivity contribution in [2.45, 2.75) is 43.0 Å². The number of nitrogens with zero attached hydrogens (tertiary/aromatic N) is 1. The lowest BCUT2D eigenvalue weighted by Crippen LogP contribution is -2.39. The number of rotatable bonds is 6. The Morgan fingerprint density at radius 3 is 2.71 bits per heavy atom. The summed E-state index contributed by atoms with van der Waals surface area (Å²) >= 11 is 1.67. The number of fused-ring (bicyclic) bond motifs is 1. The minimum Gasteiger partial charge on any atom is -0.250 e. The number of benzene rings is 2. The third-order valence-electron chi connectivity index (χ3n) is 5.12. The molecule has 0 saturated heterocycles. The predicted molar refractivity (Wildman–Crippen MR) is 108 cm³/mol. The average Bonchev–Trinajstić information content (AvgIpc) is 3.20. The molecule has 1 unspecified atom stereocenters. The van der Waals surface area contributed by atoms with Crippen molar-refractivity contribution in [1.82, 2.24) is 9.71 Å². The molecule has 0 amide bonds. The fraction of sp³-hybridized carbons (Fsp3) is 0.286. The summed E-state index contributed by atoms with van der Waals surface area (Å²) in [5.41, 5.74) is 3.87. The minimum absolute atomic E-state index is 0.0943. The van der Waals surface area contributed by atoms with Crippen LogP contribution in [-0.2, 0) is 35.7 Å². The summed E-state index contributed by atoms with van der Waals surface area (Å²) in [5.74, 6) is -0.448. The first-order chi connectivity index (χ1) is 13.5. The number of hydrogen-bond acceptors (Lipinski definition) is 4. The van der Waals surface area contributed by atoms with Crippen LogP contribution in [0.15, 0.2) is 58.9 Å². The molecule has 0 fully saturated rings. The Balaban J connectivity index is 1.46. The van der Waals surface area contributed by atoms with Crippen molar-refractivity contribution in [3.8, 4) is 0 Å². The summed E-state index contributed by atoms with van der Waals surface area (Å²) in [7, 11) is -3.65. The van der Waals surface area contributed by atoms with Crippen molar-refractivity contribution in [3.05, 3.63) is 81.6 Å². The molecule has 0 radical (unpaired) electrons. The molecule has 1 atom stereocenters. The second-order valence-electron chi connectivity index (χ2n) is 7.00. The van der Waals surface area contributed by atoms with Gasteiger partial charge in [0.2, 0.25) is 10.0 Å². The highest BCUT2D eigenvalue weighted by molar-refractivity contribution is 7.89. The van der Waals surface area contributed by atoms with Gasteiger partial charge in [-0.2, -0.15) is 0 Å². The number of thiazole rings is 1. The van der Waals surface area contributed by atoms with E-state index in [1.807, 2.05) is 17.6 Å². The SMILES string of the molecule is O=S(=O)(NC1CCc2c(CCc3nccs3)cccc2C1)c1ccc(F)cc1. The fourth-order valence-corrected chi connectivity index (χ4v) is 5.63. The van der Waals surface area contributed by atoms with E-state index in [1.54, 1.807) is 11.3 Å². The summed E-state index contributed by atoms with van der Waals surface area (Å²) in [6.45, 7) is 0. The Labute approximate surface area is 168 Å². The molecule has 4 nitrogen and oxygen atoms in total. The van der Waals surface area contributed by atoms with E-state index < -0.39 is 15.8 Å². The number of aryl methyl sites for hydroxylation is 2. The van der Waals surface area contributed by atoms with E-state index in [0.29, 0.717) is 6.42 Å². The molecule has 146 valence electrons. The lowest BCUT2D eigenvalue weighted by atomic mass is 9.85. The van der Waals surface area contributed by atoms with Crippen LogP contribution in [-0.4, -0.2) is 19.4 Å². The van der Waals surface area contributed by atoms with Crippen molar-refractivity contribution in [2.24, 2.45) is 0 Å². The smallest absolute Gasteiger partial charge is 0.240 e. The van der Waals surface area contributed by atoms with Crippen LogP contribution < -0.4 is 4.72 Å². The van der Waals surface area contributed by atoms with Gasteiger partial charge in [0.15, 0.2) is 0 Å². The second kappa shape index (κ2) is 8.11. The van der Waals surface area contributed by atoms with Gasteiger partial charge in [-0.3, -0.25) is 0 Å². The maximum Gasteiger partial charge on any atom is 0.240 e. The quantitative estimate of drug-likeness (QED) is 0.663. The summed E-state index contributed by atoms with van der Waals surface area (Å²) in [6.07, 6.45) is 5.97. The molecule has 1 heterocycles. The standard InChI is InChI=1S/C21H21FN2O2S2/c22-17-5-8-19(9-6-17)28(25,26)24-18-7-10-20-15(2-1-3-16(20)14-18)4-11-21-23-12-13-27-21/h1-3,5-6,8-9,12-13,18,24H,4,7,10-11,14H2. The fourth-order valence-electron chi connectivity index (χ4n) is 3.74. The van der Waals surface area contributed by atoms with Crippen LogP contribution in [0.1, 0.15) is 28.1 Å². The lowest BCUT2D eigenvalue weighted by molar-refractivity contribution is 0.506. The number of hydrogen-bond donors (Lipinski definition) is 1. The van der Waals surface area contributed by atoms with E-state index in [4.69, 9.17) is 0 Å².